The molecule has 0 aliphatic carbocycles. The van der Waals surface area contributed by atoms with Gasteiger partial charge in [-0.15, -0.1) is 0 Å². The first kappa shape index (κ1) is 18.0. The molecule has 0 fully saturated rings. The van der Waals surface area contributed by atoms with Gasteiger partial charge in [-0.25, -0.2) is 13.1 Å². The Hall–Kier alpha value is -1.02. The number of rotatable bonds is 10. The maximum Gasteiger partial charge on any atom is 0.240 e. The first-order chi connectivity index (χ1) is 9.95. The first-order valence-electron chi connectivity index (χ1n) is 6.90. The van der Waals surface area contributed by atoms with Gasteiger partial charge in [-0.3, -0.25) is 0 Å². The predicted molar refractivity (Wildman–Crippen MR) is 87.8 cm³/mol. The summed E-state index contributed by atoms with van der Waals surface area (Å²) in [6, 6.07) is 6.56. The summed E-state index contributed by atoms with van der Waals surface area (Å²) in [6.07, 6.45) is 2.08. The van der Waals surface area contributed by atoms with E-state index >= 15 is 0 Å². The van der Waals surface area contributed by atoms with Gasteiger partial charge in [-0.1, -0.05) is 31.3 Å². The van der Waals surface area contributed by atoms with Gasteiger partial charge >= 0.3 is 0 Å². The number of ether oxygens (including phenoxy) is 1. The Morgan fingerprint density at radius 3 is 2.52 bits per heavy atom. The molecule has 5 nitrogen and oxygen atoms in total. The van der Waals surface area contributed by atoms with Gasteiger partial charge in [0.2, 0.25) is 10.0 Å². The monoisotopic (exact) mass is 330 g/mol. The molecule has 1 rings (SSSR count). The summed E-state index contributed by atoms with van der Waals surface area (Å²) in [4.78, 5) is 0.625. The molecule has 0 radical (unpaired) electrons. The van der Waals surface area contributed by atoms with Crippen molar-refractivity contribution in [3.8, 4) is 0 Å². The fourth-order valence-corrected chi connectivity index (χ4v) is 2.94. The van der Waals surface area contributed by atoms with Gasteiger partial charge < -0.3 is 10.5 Å². The lowest BCUT2D eigenvalue weighted by Crippen LogP contribution is -2.25. The fourth-order valence-electron chi connectivity index (χ4n) is 1.70. The zero-order chi connectivity index (χ0) is 15.7. The molecule has 0 bridgehead atoms. The maximum absolute atomic E-state index is 12.1. The molecular weight excluding hydrogens is 308 g/mol. The van der Waals surface area contributed by atoms with Crippen LogP contribution >= 0.6 is 12.2 Å². The maximum atomic E-state index is 12.1. The number of benzene rings is 1. The number of thiocarbonyl (C=S) groups is 1. The lowest BCUT2D eigenvalue weighted by molar-refractivity contribution is 0.133. The van der Waals surface area contributed by atoms with E-state index in [-0.39, 0.29) is 4.90 Å². The van der Waals surface area contributed by atoms with Crippen molar-refractivity contribution in [2.45, 2.75) is 31.1 Å². The van der Waals surface area contributed by atoms with Crippen molar-refractivity contribution < 1.29 is 13.2 Å². The molecule has 0 aromatic heterocycles. The Morgan fingerprint density at radius 2 is 1.95 bits per heavy atom. The Balaban J connectivity index is 2.48. The average Bonchev–Trinajstić information content (AvgIpc) is 2.42. The molecule has 0 saturated heterocycles. The van der Waals surface area contributed by atoms with Crippen LogP contribution < -0.4 is 10.5 Å². The largest absolute Gasteiger partial charge is 0.393 e. The Labute approximate surface area is 131 Å². The first-order valence-corrected chi connectivity index (χ1v) is 8.79. The fraction of sp³-hybridized carbons (Fsp3) is 0.500. The van der Waals surface area contributed by atoms with Crippen molar-refractivity contribution in [3.63, 3.8) is 0 Å². The lowest BCUT2D eigenvalue weighted by Gasteiger charge is -2.08. The SMILES string of the molecule is CCCOCCCNS(=O)(=O)c1ccc(CC(N)=S)cc1. The molecule has 0 aliphatic heterocycles. The average molecular weight is 330 g/mol. The van der Waals surface area contributed by atoms with E-state index < -0.39 is 10.0 Å². The molecular formula is C14H22N2O3S2. The van der Waals surface area contributed by atoms with Crippen LogP contribution in [0.3, 0.4) is 0 Å². The summed E-state index contributed by atoms with van der Waals surface area (Å²) in [5.41, 5.74) is 6.35. The zero-order valence-corrected chi connectivity index (χ0v) is 13.8. The van der Waals surface area contributed by atoms with Crippen molar-refractivity contribution >= 4 is 27.2 Å². The minimum Gasteiger partial charge on any atom is -0.393 e. The van der Waals surface area contributed by atoms with Crippen LogP contribution in [-0.4, -0.2) is 33.2 Å². The van der Waals surface area contributed by atoms with Gasteiger partial charge in [-0.05, 0) is 30.5 Å². The highest BCUT2D eigenvalue weighted by atomic mass is 32.2. The van der Waals surface area contributed by atoms with Gasteiger partial charge in [0.05, 0.1) is 9.88 Å². The Bertz CT molecular complexity index is 542. The second-order valence-corrected chi connectivity index (χ2v) is 6.94. The highest BCUT2D eigenvalue weighted by molar-refractivity contribution is 7.89. The molecule has 0 atom stereocenters. The lowest BCUT2D eigenvalue weighted by atomic mass is 10.1. The third-order valence-electron chi connectivity index (χ3n) is 2.72. The van der Waals surface area contributed by atoms with Gasteiger partial charge in [0.25, 0.3) is 0 Å². The van der Waals surface area contributed by atoms with Crippen LogP contribution in [0.5, 0.6) is 0 Å². The van der Waals surface area contributed by atoms with Gasteiger partial charge in [0.1, 0.15) is 0 Å². The van der Waals surface area contributed by atoms with E-state index in [1.165, 1.54) is 0 Å². The van der Waals surface area contributed by atoms with Gasteiger partial charge in [0, 0.05) is 26.2 Å². The number of sulfonamides is 1. The van der Waals surface area contributed by atoms with E-state index in [0.717, 1.165) is 12.0 Å². The quantitative estimate of drug-likeness (QED) is 0.503. The van der Waals surface area contributed by atoms with Crippen LogP contribution in [0.2, 0.25) is 0 Å². The topological polar surface area (TPSA) is 81.4 Å². The van der Waals surface area contributed by atoms with Gasteiger partial charge in [-0.2, -0.15) is 0 Å². The zero-order valence-electron chi connectivity index (χ0n) is 12.2. The Kier molecular flexibility index (Phi) is 7.81. The van der Waals surface area contributed by atoms with E-state index in [1.54, 1.807) is 24.3 Å². The molecule has 21 heavy (non-hydrogen) atoms. The second-order valence-electron chi connectivity index (χ2n) is 4.65. The predicted octanol–water partition coefficient (Wildman–Crippen LogP) is 1.61. The van der Waals surface area contributed by atoms with E-state index in [9.17, 15) is 8.42 Å². The minimum absolute atomic E-state index is 0.240. The smallest absolute Gasteiger partial charge is 0.240 e. The molecule has 0 saturated carbocycles. The highest BCUT2D eigenvalue weighted by Gasteiger charge is 2.12. The summed E-state index contributed by atoms with van der Waals surface area (Å²) in [7, 11) is -3.47. The van der Waals surface area contributed by atoms with E-state index in [1.807, 2.05) is 6.92 Å². The number of hydrogen-bond acceptors (Lipinski definition) is 4. The number of nitrogens with two attached hydrogens (primary N) is 1. The van der Waals surface area contributed by atoms with Crippen LogP contribution in [0.1, 0.15) is 25.3 Å². The standard InChI is InChI=1S/C14H22N2O3S2/c1-2-9-19-10-3-8-16-21(17,18)13-6-4-12(5-7-13)11-14(15)20/h4-7,16H,2-3,8-11H2,1H3,(H2,15,20). The van der Waals surface area contributed by atoms with Crippen LogP contribution in [0, 0.1) is 0 Å². The molecule has 0 aliphatic rings. The Morgan fingerprint density at radius 1 is 1.29 bits per heavy atom. The van der Waals surface area contributed by atoms with Crippen molar-refractivity contribution in [3.05, 3.63) is 29.8 Å². The third kappa shape index (κ3) is 6.99. The molecule has 3 N–H and O–H groups in total. The van der Waals surface area contributed by atoms with Crippen LogP contribution in [-0.2, 0) is 21.2 Å². The summed E-state index contributed by atoms with van der Waals surface area (Å²) in [5, 5.41) is 0. The van der Waals surface area contributed by atoms with Crippen molar-refractivity contribution in [1.29, 1.82) is 0 Å². The van der Waals surface area contributed by atoms with Crippen LogP contribution in [0.4, 0.5) is 0 Å². The molecule has 0 heterocycles. The van der Waals surface area contributed by atoms with E-state index in [0.29, 0.717) is 37.6 Å². The summed E-state index contributed by atoms with van der Waals surface area (Å²) in [6.45, 7) is 3.66. The summed E-state index contributed by atoms with van der Waals surface area (Å²) in [5.74, 6) is 0. The highest BCUT2D eigenvalue weighted by Crippen LogP contribution is 2.11. The number of hydrogen-bond donors (Lipinski definition) is 2. The minimum atomic E-state index is -3.47. The normalized spacial score (nSPS) is 11.5. The summed E-state index contributed by atoms with van der Waals surface area (Å²) >= 11 is 4.82. The van der Waals surface area contributed by atoms with E-state index in [2.05, 4.69) is 4.72 Å². The summed E-state index contributed by atoms with van der Waals surface area (Å²) < 4.78 is 32.0. The molecule has 7 heteroatoms. The van der Waals surface area contributed by atoms with E-state index in [4.69, 9.17) is 22.7 Å². The second kappa shape index (κ2) is 9.09. The third-order valence-corrected chi connectivity index (χ3v) is 4.34. The molecule has 1 aromatic carbocycles. The molecule has 1 aromatic rings. The van der Waals surface area contributed by atoms with Crippen molar-refractivity contribution in [2.24, 2.45) is 5.73 Å². The molecule has 118 valence electrons. The van der Waals surface area contributed by atoms with Crippen LogP contribution in [0.25, 0.3) is 0 Å². The van der Waals surface area contributed by atoms with Crippen LogP contribution in [0.15, 0.2) is 29.2 Å². The molecule has 0 amide bonds. The van der Waals surface area contributed by atoms with Gasteiger partial charge in [0.15, 0.2) is 0 Å². The molecule has 0 spiro atoms. The number of nitrogens with one attached hydrogen (secondary N) is 1. The van der Waals surface area contributed by atoms with Crippen molar-refractivity contribution in [2.75, 3.05) is 19.8 Å². The van der Waals surface area contributed by atoms with Crippen molar-refractivity contribution in [1.82, 2.24) is 4.72 Å². The molecule has 0 unspecified atom stereocenters.